The molecule has 0 saturated carbocycles. The number of alkyl halides is 3. The van der Waals surface area contributed by atoms with Crippen LogP contribution < -0.4 is 16.2 Å². The number of aliphatic carboxylic acids is 1. The molecule has 0 bridgehead atoms. The van der Waals surface area contributed by atoms with Crippen LogP contribution in [0.4, 0.5) is 23.7 Å². The highest BCUT2D eigenvalue weighted by atomic mass is 19.4. The molecule has 1 unspecified atom stereocenters. The van der Waals surface area contributed by atoms with E-state index in [-0.39, 0.29) is 36.0 Å². The first-order valence-corrected chi connectivity index (χ1v) is 10.9. The molecule has 2 heterocycles. The molecule has 3 atom stereocenters. The van der Waals surface area contributed by atoms with Gasteiger partial charge in [0, 0.05) is 22.3 Å². The average molecular weight is 505 g/mol. The number of hydrogen-bond donors (Lipinski definition) is 4. The van der Waals surface area contributed by atoms with Crippen molar-refractivity contribution in [2.45, 2.75) is 37.3 Å². The van der Waals surface area contributed by atoms with Gasteiger partial charge in [0.05, 0.1) is 18.2 Å². The number of nitrogens with zero attached hydrogens (tertiary/aromatic N) is 1. The summed E-state index contributed by atoms with van der Waals surface area (Å²) in [5.74, 6) is -1.35. The fourth-order valence-electron chi connectivity index (χ4n) is 4.11. The summed E-state index contributed by atoms with van der Waals surface area (Å²) in [7, 11) is 0. The van der Waals surface area contributed by atoms with E-state index in [1.807, 2.05) is 0 Å². The average Bonchev–Trinajstić information content (AvgIpc) is 3.21. The van der Waals surface area contributed by atoms with Crippen molar-refractivity contribution in [2.75, 3.05) is 11.4 Å². The number of ether oxygens (including phenoxy) is 1. The van der Waals surface area contributed by atoms with E-state index in [4.69, 9.17) is 15.6 Å². The third-order valence-corrected chi connectivity index (χ3v) is 6.02. The number of aliphatic hydroxyl groups excluding tert-OH is 1. The van der Waals surface area contributed by atoms with Gasteiger partial charge in [0.1, 0.15) is 12.1 Å². The van der Waals surface area contributed by atoms with Crippen LogP contribution in [-0.4, -0.2) is 52.1 Å². The van der Waals surface area contributed by atoms with Crippen molar-refractivity contribution in [1.82, 2.24) is 4.98 Å². The van der Waals surface area contributed by atoms with Gasteiger partial charge in [0.25, 0.3) is 5.56 Å². The minimum atomic E-state index is -4.60. The quantitative estimate of drug-likeness (QED) is 0.386. The number of nitrogens with one attached hydrogen (secondary N) is 1. The maximum Gasteiger partial charge on any atom is 0.417 e. The number of aromatic nitrogens is 1. The van der Waals surface area contributed by atoms with Crippen LogP contribution in [0.2, 0.25) is 0 Å². The van der Waals surface area contributed by atoms with Crippen molar-refractivity contribution in [3.63, 3.8) is 0 Å². The predicted molar refractivity (Wildman–Crippen MR) is 123 cm³/mol. The number of carbonyl (C=O) groups excluding carboxylic acids is 1. The van der Waals surface area contributed by atoms with Crippen molar-refractivity contribution >= 4 is 28.5 Å². The number of carboxylic acids is 1. The van der Waals surface area contributed by atoms with Gasteiger partial charge >= 0.3 is 18.2 Å². The highest BCUT2D eigenvalue weighted by Crippen LogP contribution is 2.37. The molecule has 9 nitrogen and oxygen atoms in total. The summed E-state index contributed by atoms with van der Waals surface area (Å²) in [5.41, 5.74) is 4.06. The smallest absolute Gasteiger partial charge is 0.417 e. The molecule has 1 aromatic heterocycles. The molecule has 190 valence electrons. The first kappa shape index (κ1) is 25.2. The Morgan fingerprint density at radius 3 is 2.61 bits per heavy atom. The number of pyridine rings is 1. The number of H-pyrrole nitrogens is 1. The summed E-state index contributed by atoms with van der Waals surface area (Å²) in [4.78, 5) is 39.8. The normalized spacial score (nSPS) is 17.8. The molecule has 1 amide bonds. The first-order valence-electron chi connectivity index (χ1n) is 10.9. The van der Waals surface area contributed by atoms with Crippen molar-refractivity contribution in [3.05, 3.63) is 64.4 Å². The summed E-state index contributed by atoms with van der Waals surface area (Å²) in [5, 5.41) is 19.3. The number of anilines is 1. The number of fused-ring (bicyclic) bond motifs is 1. The van der Waals surface area contributed by atoms with Crippen molar-refractivity contribution in [1.29, 1.82) is 0 Å². The van der Waals surface area contributed by atoms with Crippen LogP contribution in [0.25, 0.3) is 22.0 Å². The van der Waals surface area contributed by atoms with E-state index in [0.29, 0.717) is 11.1 Å². The first-order chi connectivity index (χ1) is 17.0. The zero-order valence-corrected chi connectivity index (χ0v) is 18.7. The molecule has 1 fully saturated rings. The largest absolute Gasteiger partial charge is 0.480 e. The Hall–Kier alpha value is -3.90. The number of aliphatic hydroxyl groups is 1. The lowest BCUT2D eigenvalue weighted by molar-refractivity contribution is -0.141. The summed E-state index contributed by atoms with van der Waals surface area (Å²) >= 11 is 0. The van der Waals surface area contributed by atoms with Crippen LogP contribution in [0.1, 0.15) is 18.4 Å². The second-order valence-electron chi connectivity index (χ2n) is 8.45. The Bertz CT molecular complexity index is 1370. The Morgan fingerprint density at radius 1 is 1.19 bits per heavy atom. The molecular weight excluding hydrogens is 483 g/mol. The van der Waals surface area contributed by atoms with E-state index in [0.717, 1.165) is 6.07 Å². The molecule has 0 spiro atoms. The van der Waals surface area contributed by atoms with Crippen molar-refractivity contribution < 1.29 is 37.7 Å². The summed E-state index contributed by atoms with van der Waals surface area (Å²) < 4.78 is 45.6. The standard InChI is InChI=1S/C24H22F3N3O6/c25-24(26,27)17-4-2-1-3-15(17)18-9-12-5-6-13(10-16(12)21(32)29-18)30-11-14(36-23(30)35)7-8-19(31)20(28)22(33)34/h1-6,9-10,14,19-20,31H,7-8,11,28H2,(H,29,32)(H,33,34)/t14?,19-,20-/m1/s1. The maximum atomic E-state index is 13.4. The van der Waals surface area contributed by atoms with E-state index >= 15 is 0 Å². The number of nitrogens with two attached hydrogens (primary N) is 1. The Kier molecular flexibility index (Phi) is 6.74. The van der Waals surface area contributed by atoms with Gasteiger partial charge in [-0.2, -0.15) is 13.2 Å². The van der Waals surface area contributed by atoms with Gasteiger partial charge in [-0.3, -0.25) is 14.5 Å². The van der Waals surface area contributed by atoms with E-state index < -0.39 is 47.6 Å². The van der Waals surface area contributed by atoms with E-state index in [2.05, 4.69) is 4.98 Å². The van der Waals surface area contributed by atoms with Crippen LogP contribution in [0.3, 0.4) is 0 Å². The van der Waals surface area contributed by atoms with Crippen LogP contribution in [0.15, 0.2) is 53.3 Å². The third-order valence-electron chi connectivity index (χ3n) is 6.02. The molecule has 1 aliphatic rings. The van der Waals surface area contributed by atoms with Crippen LogP contribution in [-0.2, 0) is 15.7 Å². The molecular formula is C24H22F3N3O6. The monoisotopic (exact) mass is 505 g/mol. The van der Waals surface area contributed by atoms with Crippen molar-refractivity contribution in [2.24, 2.45) is 5.73 Å². The number of rotatable bonds is 7. The lowest BCUT2D eigenvalue weighted by Crippen LogP contribution is -2.42. The zero-order chi connectivity index (χ0) is 26.2. The second-order valence-corrected chi connectivity index (χ2v) is 8.45. The van der Waals surface area contributed by atoms with Gasteiger partial charge < -0.3 is 25.7 Å². The summed E-state index contributed by atoms with van der Waals surface area (Å²) in [6, 6.07) is 9.39. The Balaban J connectivity index is 1.57. The maximum absolute atomic E-state index is 13.4. The van der Waals surface area contributed by atoms with Crippen LogP contribution in [0.5, 0.6) is 0 Å². The van der Waals surface area contributed by atoms with Crippen LogP contribution in [0, 0.1) is 0 Å². The predicted octanol–water partition coefficient (Wildman–Crippen LogP) is 3.09. The Morgan fingerprint density at radius 2 is 1.92 bits per heavy atom. The summed E-state index contributed by atoms with van der Waals surface area (Å²) in [6.45, 7) is 0.0916. The van der Waals surface area contributed by atoms with E-state index in [1.165, 1.54) is 41.3 Å². The van der Waals surface area contributed by atoms with E-state index in [1.54, 1.807) is 6.07 Å². The second kappa shape index (κ2) is 9.63. The minimum Gasteiger partial charge on any atom is -0.480 e. The molecule has 1 aliphatic heterocycles. The van der Waals surface area contributed by atoms with Gasteiger partial charge in [0.15, 0.2) is 0 Å². The number of hydrogen-bond acceptors (Lipinski definition) is 6. The van der Waals surface area contributed by atoms with Crippen LogP contribution >= 0.6 is 0 Å². The lowest BCUT2D eigenvalue weighted by Gasteiger charge is -2.17. The van der Waals surface area contributed by atoms with Crippen molar-refractivity contribution in [3.8, 4) is 11.3 Å². The van der Waals surface area contributed by atoms with Gasteiger partial charge in [0.2, 0.25) is 0 Å². The van der Waals surface area contributed by atoms with E-state index in [9.17, 15) is 32.7 Å². The molecule has 5 N–H and O–H groups in total. The molecule has 36 heavy (non-hydrogen) atoms. The molecule has 0 radical (unpaired) electrons. The van der Waals surface area contributed by atoms with Gasteiger partial charge in [-0.1, -0.05) is 24.3 Å². The SMILES string of the molecule is N[C@@H](C(=O)O)[C@H](O)CCC1CN(c2ccc3cc(-c4ccccc4C(F)(F)F)[nH]c(=O)c3c2)C(=O)O1. The molecule has 2 aromatic carbocycles. The summed E-state index contributed by atoms with van der Waals surface area (Å²) in [6.07, 6.45) is -7.08. The number of carboxylic acid groups (broad SMARTS) is 1. The number of cyclic esters (lactones) is 1. The highest BCUT2D eigenvalue weighted by Gasteiger charge is 2.35. The minimum absolute atomic E-state index is 0.00117. The number of aromatic amines is 1. The molecule has 4 rings (SSSR count). The molecule has 12 heteroatoms. The molecule has 3 aromatic rings. The van der Waals surface area contributed by atoms with Gasteiger partial charge in [-0.05, 0) is 42.5 Å². The number of carbonyl (C=O) groups is 2. The fraction of sp³-hybridized carbons (Fsp3) is 0.292. The third kappa shape index (κ3) is 5.04. The lowest BCUT2D eigenvalue weighted by atomic mass is 10.0. The highest BCUT2D eigenvalue weighted by molar-refractivity contribution is 5.94. The topological polar surface area (TPSA) is 146 Å². The number of halogens is 3. The fourth-order valence-corrected chi connectivity index (χ4v) is 4.11. The van der Waals surface area contributed by atoms with Gasteiger partial charge in [-0.25, -0.2) is 4.79 Å². The molecule has 1 saturated heterocycles. The number of benzene rings is 2. The number of amides is 1. The zero-order valence-electron chi connectivity index (χ0n) is 18.7. The van der Waals surface area contributed by atoms with Gasteiger partial charge in [-0.15, -0.1) is 0 Å². The molecule has 0 aliphatic carbocycles. The Labute approximate surface area is 201 Å².